The van der Waals surface area contributed by atoms with Crippen LogP contribution in [0.15, 0.2) is 23.1 Å². The Hall–Kier alpha value is -0.640. The predicted molar refractivity (Wildman–Crippen MR) is 57.2 cm³/mol. The zero-order valence-corrected chi connectivity index (χ0v) is 9.50. The Morgan fingerprint density at radius 1 is 1.27 bits per heavy atom. The molecule has 0 atom stereocenters. The molecular formula is C11H13F3S. The van der Waals surface area contributed by atoms with E-state index in [4.69, 9.17) is 0 Å². The summed E-state index contributed by atoms with van der Waals surface area (Å²) in [4.78, 5) is 0.935. The van der Waals surface area contributed by atoms with E-state index in [-0.39, 0.29) is 0 Å². The van der Waals surface area contributed by atoms with Crippen LogP contribution in [0.4, 0.5) is 13.2 Å². The molecule has 0 nitrogen and oxygen atoms in total. The Morgan fingerprint density at radius 3 is 2.40 bits per heavy atom. The number of hydrogen-bond acceptors (Lipinski definition) is 1. The second-order valence-electron chi connectivity index (χ2n) is 3.27. The molecule has 0 bridgehead atoms. The molecule has 0 aromatic heterocycles. The number of aryl methyl sites for hydroxylation is 1. The first kappa shape index (κ1) is 12.4. The Labute approximate surface area is 91.9 Å². The van der Waals surface area contributed by atoms with Gasteiger partial charge in [0.2, 0.25) is 0 Å². The summed E-state index contributed by atoms with van der Waals surface area (Å²) in [6, 6.07) is 3.96. The van der Waals surface area contributed by atoms with Gasteiger partial charge in [-0.3, -0.25) is 0 Å². The van der Waals surface area contributed by atoms with Crippen molar-refractivity contribution in [1.29, 1.82) is 0 Å². The number of hydrogen-bond donors (Lipinski definition) is 0. The number of alkyl halides is 3. The third kappa shape index (κ3) is 3.16. The van der Waals surface area contributed by atoms with Crippen LogP contribution in [-0.4, -0.2) is 6.26 Å². The normalized spacial score (nSPS) is 11.8. The average Bonchev–Trinajstić information content (AvgIpc) is 2.17. The number of halogens is 3. The van der Waals surface area contributed by atoms with Crippen LogP contribution in [0.5, 0.6) is 0 Å². The van der Waals surface area contributed by atoms with E-state index in [1.165, 1.54) is 17.8 Å². The first-order chi connectivity index (χ1) is 6.99. The van der Waals surface area contributed by atoms with Crippen molar-refractivity contribution in [2.75, 3.05) is 6.26 Å². The Kier molecular flexibility index (Phi) is 4.08. The minimum atomic E-state index is -4.24. The van der Waals surface area contributed by atoms with Crippen molar-refractivity contribution in [2.45, 2.75) is 30.8 Å². The van der Waals surface area contributed by atoms with Crippen LogP contribution < -0.4 is 0 Å². The van der Waals surface area contributed by atoms with Crippen LogP contribution in [-0.2, 0) is 12.6 Å². The fourth-order valence-electron chi connectivity index (χ4n) is 1.42. The first-order valence-corrected chi connectivity index (χ1v) is 5.95. The van der Waals surface area contributed by atoms with Gasteiger partial charge in [0, 0.05) is 4.90 Å². The molecule has 15 heavy (non-hydrogen) atoms. The van der Waals surface area contributed by atoms with Gasteiger partial charge in [-0.15, -0.1) is 11.8 Å². The molecule has 0 N–H and O–H groups in total. The summed E-state index contributed by atoms with van der Waals surface area (Å²) in [6.07, 6.45) is -0.809. The van der Waals surface area contributed by atoms with Gasteiger partial charge in [-0.25, -0.2) is 0 Å². The lowest BCUT2D eigenvalue weighted by atomic mass is 10.1. The van der Waals surface area contributed by atoms with Crippen molar-refractivity contribution in [3.8, 4) is 0 Å². The summed E-state index contributed by atoms with van der Waals surface area (Å²) in [6.45, 7) is 1.96. The summed E-state index contributed by atoms with van der Waals surface area (Å²) in [5, 5.41) is 0. The van der Waals surface area contributed by atoms with Gasteiger partial charge in [0.25, 0.3) is 0 Å². The van der Waals surface area contributed by atoms with Crippen LogP contribution in [0.25, 0.3) is 0 Å². The molecule has 1 rings (SSSR count). The number of rotatable bonds is 3. The third-order valence-electron chi connectivity index (χ3n) is 2.13. The van der Waals surface area contributed by atoms with Gasteiger partial charge in [0.05, 0.1) is 5.56 Å². The summed E-state index contributed by atoms with van der Waals surface area (Å²) < 4.78 is 37.3. The summed E-state index contributed by atoms with van der Waals surface area (Å²) >= 11 is 1.49. The van der Waals surface area contributed by atoms with Crippen LogP contribution in [0, 0.1) is 0 Å². The fourth-order valence-corrected chi connectivity index (χ4v) is 2.05. The molecule has 1 aromatic carbocycles. The molecule has 4 heteroatoms. The molecule has 0 radical (unpaired) electrons. The molecule has 0 heterocycles. The Balaban J connectivity index is 3.10. The van der Waals surface area contributed by atoms with Crippen LogP contribution >= 0.6 is 11.8 Å². The highest BCUT2D eigenvalue weighted by Crippen LogP contribution is 2.32. The zero-order chi connectivity index (χ0) is 11.5. The first-order valence-electron chi connectivity index (χ1n) is 4.73. The highest BCUT2D eigenvalue weighted by Gasteiger charge is 2.30. The maximum absolute atomic E-state index is 12.4. The quantitative estimate of drug-likeness (QED) is 0.699. The van der Waals surface area contributed by atoms with Crippen LogP contribution in [0.3, 0.4) is 0 Å². The standard InChI is InChI=1S/C11H13F3S/c1-3-4-8-7-9(11(12,13)14)5-6-10(8)15-2/h5-7H,3-4H2,1-2H3. The molecule has 0 aliphatic rings. The second-order valence-corrected chi connectivity index (χ2v) is 4.12. The van der Waals surface area contributed by atoms with E-state index < -0.39 is 11.7 Å². The highest BCUT2D eigenvalue weighted by molar-refractivity contribution is 7.98. The van der Waals surface area contributed by atoms with E-state index in [1.807, 2.05) is 13.2 Å². The van der Waals surface area contributed by atoms with Gasteiger partial charge in [0.1, 0.15) is 0 Å². The maximum atomic E-state index is 12.4. The second kappa shape index (κ2) is 4.92. The van der Waals surface area contributed by atoms with Gasteiger partial charge in [-0.1, -0.05) is 13.3 Å². The van der Waals surface area contributed by atoms with Crippen molar-refractivity contribution in [3.63, 3.8) is 0 Å². The lowest BCUT2D eigenvalue weighted by Crippen LogP contribution is -2.05. The molecule has 0 aliphatic carbocycles. The highest BCUT2D eigenvalue weighted by atomic mass is 32.2. The van der Waals surface area contributed by atoms with Gasteiger partial charge >= 0.3 is 6.18 Å². The molecule has 0 fully saturated rings. The molecule has 0 amide bonds. The lowest BCUT2D eigenvalue weighted by molar-refractivity contribution is -0.137. The molecule has 0 saturated carbocycles. The van der Waals surface area contributed by atoms with Gasteiger partial charge in [-0.05, 0) is 36.4 Å². The average molecular weight is 234 g/mol. The summed E-state index contributed by atoms with van der Waals surface area (Å²) in [5.41, 5.74) is 0.239. The third-order valence-corrected chi connectivity index (χ3v) is 2.97. The molecule has 1 aromatic rings. The predicted octanol–water partition coefficient (Wildman–Crippen LogP) is 4.38. The van der Waals surface area contributed by atoms with E-state index >= 15 is 0 Å². The monoisotopic (exact) mass is 234 g/mol. The van der Waals surface area contributed by atoms with E-state index in [2.05, 4.69) is 0 Å². The number of thioether (sulfide) groups is 1. The molecule has 0 saturated heterocycles. The van der Waals surface area contributed by atoms with Crippen molar-refractivity contribution >= 4 is 11.8 Å². The van der Waals surface area contributed by atoms with Crippen molar-refractivity contribution in [3.05, 3.63) is 29.3 Å². The van der Waals surface area contributed by atoms with E-state index in [0.29, 0.717) is 6.42 Å². The van der Waals surface area contributed by atoms with E-state index in [1.54, 1.807) is 6.07 Å². The Bertz CT molecular complexity index is 331. The van der Waals surface area contributed by atoms with Crippen molar-refractivity contribution in [2.24, 2.45) is 0 Å². The lowest BCUT2D eigenvalue weighted by Gasteiger charge is -2.11. The van der Waals surface area contributed by atoms with E-state index in [9.17, 15) is 13.2 Å². The van der Waals surface area contributed by atoms with Crippen molar-refractivity contribution < 1.29 is 13.2 Å². The minimum absolute atomic E-state index is 0.552. The van der Waals surface area contributed by atoms with Crippen LogP contribution in [0.2, 0.25) is 0 Å². The summed E-state index contributed by atoms with van der Waals surface area (Å²) in [5.74, 6) is 0. The van der Waals surface area contributed by atoms with Gasteiger partial charge in [0.15, 0.2) is 0 Å². The SMILES string of the molecule is CCCc1cc(C(F)(F)F)ccc1SC. The van der Waals surface area contributed by atoms with Gasteiger partial charge < -0.3 is 0 Å². The van der Waals surface area contributed by atoms with Crippen molar-refractivity contribution in [1.82, 2.24) is 0 Å². The minimum Gasteiger partial charge on any atom is -0.166 e. The Morgan fingerprint density at radius 2 is 1.93 bits per heavy atom. The smallest absolute Gasteiger partial charge is 0.166 e. The zero-order valence-electron chi connectivity index (χ0n) is 8.69. The molecule has 0 spiro atoms. The van der Waals surface area contributed by atoms with Crippen LogP contribution in [0.1, 0.15) is 24.5 Å². The summed E-state index contributed by atoms with van der Waals surface area (Å²) in [7, 11) is 0. The molecule has 84 valence electrons. The molecule has 0 unspecified atom stereocenters. The molecule has 0 aliphatic heterocycles. The number of benzene rings is 1. The fraction of sp³-hybridized carbons (Fsp3) is 0.455. The maximum Gasteiger partial charge on any atom is 0.416 e. The topological polar surface area (TPSA) is 0 Å². The molecular weight excluding hydrogens is 221 g/mol. The van der Waals surface area contributed by atoms with E-state index in [0.717, 1.165) is 22.9 Å². The largest absolute Gasteiger partial charge is 0.416 e. The van der Waals surface area contributed by atoms with Gasteiger partial charge in [-0.2, -0.15) is 13.2 Å².